The molecular formula is C23H23N7O3. The standard InChI is InChI=1S/C23H23N7O3/c1-2-29(22(32)18-10-8-17(9-11-18)12-28-15-25-14-26-28)19-20(24)30(23(33)27-21(19)31)13-16-6-4-3-5-7-16/h3-11,14-15H,2,12-13,24H2,1H3,(H,27,31,33). The Hall–Kier alpha value is -4.47. The molecule has 2 heterocycles. The van der Waals surface area contributed by atoms with Gasteiger partial charge in [0.2, 0.25) is 0 Å². The molecule has 2 aromatic carbocycles. The molecule has 10 heteroatoms. The number of nitrogen functional groups attached to an aromatic ring is 1. The first-order valence-electron chi connectivity index (χ1n) is 10.4. The monoisotopic (exact) mass is 445 g/mol. The number of carbonyl (C=O) groups is 1. The van der Waals surface area contributed by atoms with Crippen LogP contribution in [0.4, 0.5) is 11.5 Å². The van der Waals surface area contributed by atoms with Gasteiger partial charge in [-0.3, -0.25) is 19.1 Å². The van der Waals surface area contributed by atoms with E-state index in [0.717, 1.165) is 11.1 Å². The third-order valence-corrected chi connectivity index (χ3v) is 5.24. The minimum absolute atomic E-state index is 0.0512. The van der Waals surface area contributed by atoms with E-state index in [1.54, 1.807) is 30.1 Å². The van der Waals surface area contributed by atoms with Crippen LogP contribution in [-0.4, -0.2) is 36.8 Å². The van der Waals surface area contributed by atoms with E-state index in [1.165, 1.54) is 15.8 Å². The van der Waals surface area contributed by atoms with E-state index in [4.69, 9.17) is 5.73 Å². The van der Waals surface area contributed by atoms with Crippen LogP contribution in [0.1, 0.15) is 28.4 Å². The minimum Gasteiger partial charge on any atom is -0.383 e. The quantitative estimate of drug-likeness (QED) is 0.443. The lowest BCUT2D eigenvalue weighted by Crippen LogP contribution is -2.41. The lowest BCUT2D eigenvalue weighted by Gasteiger charge is -2.23. The molecule has 0 aliphatic rings. The fourth-order valence-electron chi connectivity index (χ4n) is 3.57. The molecule has 2 aromatic heterocycles. The molecule has 33 heavy (non-hydrogen) atoms. The maximum absolute atomic E-state index is 13.3. The van der Waals surface area contributed by atoms with Gasteiger partial charge >= 0.3 is 5.69 Å². The summed E-state index contributed by atoms with van der Waals surface area (Å²) in [5, 5.41) is 4.07. The zero-order chi connectivity index (χ0) is 23.4. The summed E-state index contributed by atoms with van der Waals surface area (Å²) in [5.74, 6) is -0.461. The maximum Gasteiger partial charge on any atom is 0.330 e. The Morgan fingerprint density at radius 2 is 1.73 bits per heavy atom. The zero-order valence-electron chi connectivity index (χ0n) is 18.0. The van der Waals surface area contributed by atoms with E-state index in [-0.39, 0.29) is 24.6 Å². The molecule has 0 saturated heterocycles. The molecular weight excluding hydrogens is 422 g/mol. The smallest absolute Gasteiger partial charge is 0.330 e. The van der Waals surface area contributed by atoms with Crippen molar-refractivity contribution in [1.29, 1.82) is 0 Å². The second-order valence-corrected chi connectivity index (χ2v) is 7.40. The number of rotatable bonds is 7. The lowest BCUT2D eigenvalue weighted by molar-refractivity contribution is 0.0988. The number of benzene rings is 2. The number of hydrogen-bond donors (Lipinski definition) is 2. The van der Waals surface area contributed by atoms with Gasteiger partial charge in [-0.25, -0.2) is 14.5 Å². The van der Waals surface area contributed by atoms with Crippen molar-refractivity contribution in [3.8, 4) is 0 Å². The highest BCUT2D eigenvalue weighted by molar-refractivity contribution is 6.07. The molecule has 0 aliphatic heterocycles. The number of aromatic nitrogens is 5. The number of hydrogen-bond acceptors (Lipinski definition) is 6. The number of nitrogens with one attached hydrogen (secondary N) is 1. The van der Waals surface area contributed by atoms with E-state index in [9.17, 15) is 14.4 Å². The summed E-state index contributed by atoms with van der Waals surface area (Å²) < 4.78 is 2.93. The number of aromatic amines is 1. The summed E-state index contributed by atoms with van der Waals surface area (Å²) in [5.41, 5.74) is 7.03. The molecule has 0 atom stereocenters. The van der Waals surface area contributed by atoms with E-state index in [1.807, 2.05) is 42.5 Å². The Labute approximate surface area is 188 Å². The summed E-state index contributed by atoms with van der Waals surface area (Å²) >= 11 is 0. The van der Waals surface area contributed by atoms with Crippen molar-refractivity contribution in [1.82, 2.24) is 24.3 Å². The van der Waals surface area contributed by atoms with Gasteiger partial charge < -0.3 is 10.6 Å². The predicted octanol–water partition coefficient (Wildman–Crippen LogP) is 1.47. The summed E-state index contributed by atoms with van der Waals surface area (Å²) in [6.07, 6.45) is 3.06. The molecule has 4 rings (SSSR count). The van der Waals surface area contributed by atoms with Gasteiger partial charge in [-0.2, -0.15) is 5.10 Å². The normalized spacial score (nSPS) is 10.8. The number of anilines is 2. The van der Waals surface area contributed by atoms with Crippen molar-refractivity contribution in [2.24, 2.45) is 0 Å². The van der Waals surface area contributed by atoms with Gasteiger partial charge in [0, 0.05) is 12.1 Å². The fraction of sp³-hybridized carbons (Fsp3) is 0.174. The SMILES string of the molecule is CCN(C(=O)c1ccc(Cn2cncn2)cc1)c1c(N)n(Cc2ccccc2)c(=O)[nH]c1=O. The molecule has 10 nitrogen and oxygen atoms in total. The second kappa shape index (κ2) is 9.35. The molecule has 1 amide bonds. The van der Waals surface area contributed by atoms with Crippen LogP contribution < -0.4 is 21.9 Å². The maximum atomic E-state index is 13.3. The van der Waals surface area contributed by atoms with Gasteiger partial charge in [-0.1, -0.05) is 42.5 Å². The van der Waals surface area contributed by atoms with E-state index in [0.29, 0.717) is 12.1 Å². The van der Waals surface area contributed by atoms with Crippen molar-refractivity contribution in [3.05, 3.63) is 105 Å². The molecule has 0 saturated carbocycles. The number of nitrogens with two attached hydrogens (primary N) is 1. The highest BCUT2D eigenvalue weighted by Crippen LogP contribution is 2.20. The Balaban J connectivity index is 1.65. The van der Waals surface area contributed by atoms with Crippen molar-refractivity contribution < 1.29 is 4.79 Å². The van der Waals surface area contributed by atoms with Crippen LogP contribution in [0.2, 0.25) is 0 Å². The molecule has 168 valence electrons. The van der Waals surface area contributed by atoms with Crippen LogP contribution in [0.3, 0.4) is 0 Å². The van der Waals surface area contributed by atoms with Crippen molar-refractivity contribution in [2.75, 3.05) is 17.2 Å². The predicted molar refractivity (Wildman–Crippen MR) is 124 cm³/mol. The van der Waals surface area contributed by atoms with Crippen LogP contribution in [0.15, 0.2) is 76.8 Å². The highest BCUT2D eigenvalue weighted by atomic mass is 16.2. The summed E-state index contributed by atoms with van der Waals surface area (Å²) in [6.45, 7) is 2.61. The van der Waals surface area contributed by atoms with Crippen LogP contribution in [0.25, 0.3) is 0 Å². The summed E-state index contributed by atoms with van der Waals surface area (Å²) in [4.78, 5) is 45.9. The Bertz CT molecular complexity index is 1360. The largest absolute Gasteiger partial charge is 0.383 e. The van der Waals surface area contributed by atoms with Crippen LogP contribution in [0, 0.1) is 0 Å². The fourth-order valence-corrected chi connectivity index (χ4v) is 3.57. The van der Waals surface area contributed by atoms with E-state index >= 15 is 0 Å². The first kappa shape index (κ1) is 21.8. The Morgan fingerprint density at radius 3 is 2.36 bits per heavy atom. The number of carbonyl (C=O) groups excluding carboxylic acids is 1. The second-order valence-electron chi connectivity index (χ2n) is 7.40. The lowest BCUT2D eigenvalue weighted by atomic mass is 10.1. The first-order valence-corrected chi connectivity index (χ1v) is 10.4. The molecule has 0 spiro atoms. The van der Waals surface area contributed by atoms with E-state index < -0.39 is 17.2 Å². The van der Waals surface area contributed by atoms with Gasteiger partial charge in [0.05, 0.1) is 13.1 Å². The van der Waals surface area contributed by atoms with Crippen molar-refractivity contribution in [2.45, 2.75) is 20.0 Å². The van der Waals surface area contributed by atoms with Crippen molar-refractivity contribution in [3.63, 3.8) is 0 Å². The number of nitrogens with zero attached hydrogens (tertiary/aromatic N) is 5. The highest BCUT2D eigenvalue weighted by Gasteiger charge is 2.24. The van der Waals surface area contributed by atoms with Crippen molar-refractivity contribution >= 4 is 17.4 Å². The van der Waals surface area contributed by atoms with Crippen LogP contribution in [-0.2, 0) is 13.1 Å². The molecule has 0 bridgehead atoms. The van der Waals surface area contributed by atoms with Crippen LogP contribution in [0.5, 0.6) is 0 Å². The Kier molecular flexibility index (Phi) is 6.16. The molecule has 0 unspecified atom stereocenters. The summed E-state index contributed by atoms with van der Waals surface area (Å²) in [6, 6.07) is 16.2. The Morgan fingerprint density at radius 1 is 1.03 bits per heavy atom. The first-order chi connectivity index (χ1) is 16.0. The van der Waals surface area contributed by atoms with Gasteiger partial charge in [-0.15, -0.1) is 0 Å². The van der Waals surface area contributed by atoms with Gasteiger partial charge in [0.15, 0.2) is 5.69 Å². The van der Waals surface area contributed by atoms with Gasteiger partial charge in [-0.05, 0) is 30.2 Å². The minimum atomic E-state index is -0.709. The third kappa shape index (κ3) is 4.59. The number of H-pyrrole nitrogens is 1. The zero-order valence-corrected chi connectivity index (χ0v) is 18.0. The average Bonchev–Trinajstić information content (AvgIpc) is 3.33. The molecule has 3 N–H and O–H groups in total. The molecule has 0 fully saturated rings. The molecule has 4 aromatic rings. The van der Waals surface area contributed by atoms with Gasteiger partial charge in [0.1, 0.15) is 18.5 Å². The number of amides is 1. The topological polar surface area (TPSA) is 132 Å². The molecule has 0 aliphatic carbocycles. The van der Waals surface area contributed by atoms with Gasteiger partial charge in [0.25, 0.3) is 11.5 Å². The van der Waals surface area contributed by atoms with E-state index in [2.05, 4.69) is 15.1 Å². The molecule has 0 radical (unpaired) electrons. The average molecular weight is 445 g/mol. The van der Waals surface area contributed by atoms with Crippen LogP contribution >= 0.6 is 0 Å². The third-order valence-electron chi connectivity index (χ3n) is 5.24. The summed E-state index contributed by atoms with van der Waals surface area (Å²) in [7, 11) is 0.